The highest BCUT2D eigenvalue weighted by Crippen LogP contribution is 2.31. The summed E-state index contributed by atoms with van der Waals surface area (Å²) < 4.78 is 13.7. The van der Waals surface area contributed by atoms with Crippen LogP contribution in [0.2, 0.25) is 5.02 Å². The van der Waals surface area contributed by atoms with Gasteiger partial charge < -0.3 is 10.4 Å². The van der Waals surface area contributed by atoms with E-state index in [1.807, 2.05) is 20.8 Å². The summed E-state index contributed by atoms with van der Waals surface area (Å²) in [4.78, 5) is 12.2. The third-order valence-corrected chi connectivity index (χ3v) is 3.89. The summed E-state index contributed by atoms with van der Waals surface area (Å²) in [5, 5.41) is 12.7. The molecule has 2 rings (SSSR count). The normalized spacial score (nSPS) is 11.3. The lowest BCUT2D eigenvalue weighted by atomic mass is 9.87. The standard InChI is InChI=1S/C18H19ClFNO2/c1-18(2,3)11-7-8-16(22)15(9-11)21-17(23)10-12-13(19)5-4-6-14(12)20/h4-9,22H,10H2,1-3H3,(H,21,23). The van der Waals surface area contributed by atoms with Crippen LogP contribution in [0.15, 0.2) is 36.4 Å². The second-order valence-corrected chi connectivity index (χ2v) is 6.81. The molecule has 0 unspecified atom stereocenters. The molecule has 0 saturated carbocycles. The van der Waals surface area contributed by atoms with Crippen LogP contribution < -0.4 is 5.32 Å². The Morgan fingerprint density at radius 1 is 1.26 bits per heavy atom. The third kappa shape index (κ3) is 4.23. The van der Waals surface area contributed by atoms with Crippen molar-refractivity contribution in [2.45, 2.75) is 32.6 Å². The fraction of sp³-hybridized carbons (Fsp3) is 0.278. The molecule has 23 heavy (non-hydrogen) atoms. The van der Waals surface area contributed by atoms with Crippen LogP contribution in [-0.4, -0.2) is 11.0 Å². The van der Waals surface area contributed by atoms with Crippen LogP contribution in [-0.2, 0) is 16.6 Å². The average molecular weight is 336 g/mol. The third-order valence-electron chi connectivity index (χ3n) is 3.54. The number of hydrogen-bond donors (Lipinski definition) is 2. The molecule has 3 nitrogen and oxygen atoms in total. The monoisotopic (exact) mass is 335 g/mol. The molecule has 0 aromatic heterocycles. The summed E-state index contributed by atoms with van der Waals surface area (Å²) in [5.41, 5.74) is 1.28. The van der Waals surface area contributed by atoms with E-state index in [1.54, 1.807) is 12.1 Å². The Kier molecular flexibility index (Phi) is 4.95. The Morgan fingerprint density at radius 2 is 1.96 bits per heavy atom. The van der Waals surface area contributed by atoms with Gasteiger partial charge in [0.1, 0.15) is 11.6 Å². The predicted molar refractivity (Wildman–Crippen MR) is 90.6 cm³/mol. The summed E-state index contributed by atoms with van der Waals surface area (Å²) in [6, 6.07) is 9.33. The molecule has 0 atom stereocenters. The van der Waals surface area contributed by atoms with Crippen molar-refractivity contribution < 1.29 is 14.3 Å². The molecule has 0 saturated heterocycles. The number of amides is 1. The van der Waals surface area contributed by atoms with Crippen LogP contribution in [0.5, 0.6) is 5.75 Å². The number of rotatable bonds is 3. The molecule has 0 aliphatic heterocycles. The van der Waals surface area contributed by atoms with Gasteiger partial charge in [0.05, 0.1) is 12.1 Å². The van der Waals surface area contributed by atoms with Crippen molar-refractivity contribution in [3.63, 3.8) is 0 Å². The largest absolute Gasteiger partial charge is 0.506 e. The SMILES string of the molecule is CC(C)(C)c1ccc(O)c(NC(=O)Cc2c(F)cccc2Cl)c1. The predicted octanol–water partition coefficient (Wildman–Crippen LogP) is 4.66. The first-order chi connectivity index (χ1) is 10.7. The molecule has 0 bridgehead atoms. The quantitative estimate of drug-likeness (QED) is 0.801. The fourth-order valence-corrected chi connectivity index (χ4v) is 2.39. The minimum absolute atomic E-state index is 0.0361. The molecular weight excluding hydrogens is 317 g/mol. The Bertz CT molecular complexity index is 718. The zero-order valence-corrected chi connectivity index (χ0v) is 14.0. The van der Waals surface area contributed by atoms with Crippen molar-refractivity contribution in [1.82, 2.24) is 0 Å². The van der Waals surface area contributed by atoms with Gasteiger partial charge in [-0.15, -0.1) is 0 Å². The zero-order valence-electron chi connectivity index (χ0n) is 13.3. The lowest BCUT2D eigenvalue weighted by Gasteiger charge is -2.20. The lowest BCUT2D eigenvalue weighted by Crippen LogP contribution is -2.17. The van der Waals surface area contributed by atoms with Crippen LogP contribution >= 0.6 is 11.6 Å². The van der Waals surface area contributed by atoms with Gasteiger partial charge in [-0.1, -0.05) is 44.5 Å². The Hall–Kier alpha value is -2.07. The minimum Gasteiger partial charge on any atom is -0.506 e. The van der Waals surface area contributed by atoms with Crippen molar-refractivity contribution in [2.24, 2.45) is 0 Å². The number of hydrogen-bond acceptors (Lipinski definition) is 2. The summed E-state index contributed by atoms with van der Waals surface area (Å²) in [6.45, 7) is 6.10. The molecule has 5 heteroatoms. The van der Waals surface area contributed by atoms with E-state index in [4.69, 9.17) is 11.6 Å². The molecule has 0 heterocycles. The fourth-order valence-electron chi connectivity index (χ4n) is 2.16. The maximum atomic E-state index is 13.7. The number of aromatic hydroxyl groups is 1. The van der Waals surface area contributed by atoms with Crippen molar-refractivity contribution >= 4 is 23.2 Å². The first-order valence-electron chi connectivity index (χ1n) is 7.24. The number of benzene rings is 2. The zero-order chi connectivity index (χ0) is 17.2. The van der Waals surface area contributed by atoms with Gasteiger partial charge in [-0.3, -0.25) is 4.79 Å². The van der Waals surface area contributed by atoms with Crippen molar-refractivity contribution in [2.75, 3.05) is 5.32 Å². The highest BCUT2D eigenvalue weighted by molar-refractivity contribution is 6.31. The Morgan fingerprint density at radius 3 is 2.57 bits per heavy atom. The summed E-state index contributed by atoms with van der Waals surface area (Å²) in [5.74, 6) is -1.01. The van der Waals surface area contributed by atoms with Gasteiger partial charge in [-0.2, -0.15) is 0 Å². The van der Waals surface area contributed by atoms with E-state index in [1.165, 1.54) is 24.3 Å². The number of carbonyl (C=O) groups is 1. The van der Waals surface area contributed by atoms with Crippen molar-refractivity contribution in [3.8, 4) is 5.75 Å². The molecule has 2 aromatic carbocycles. The van der Waals surface area contributed by atoms with Crippen LogP contribution in [0, 0.1) is 5.82 Å². The van der Waals surface area contributed by atoms with E-state index in [0.29, 0.717) is 5.69 Å². The number of nitrogens with one attached hydrogen (secondary N) is 1. The molecule has 1 amide bonds. The van der Waals surface area contributed by atoms with Crippen LogP contribution in [0.3, 0.4) is 0 Å². The minimum atomic E-state index is -0.527. The number of anilines is 1. The number of phenols is 1. The average Bonchev–Trinajstić information content (AvgIpc) is 2.44. The van der Waals surface area contributed by atoms with Gasteiger partial charge >= 0.3 is 0 Å². The topological polar surface area (TPSA) is 49.3 Å². The molecule has 0 aliphatic carbocycles. The van der Waals surface area contributed by atoms with E-state index in [9.17, 15) is 14.3 Å². The van der Waals surface area contributed by atoms with Crippen LogP contribution in [0.25, 0.3) is 0 Å². The van der Waals surface area contributed by atoms with Gasteiger partial charge in [0.15, 0.2) is 0 Å². The highest BCUT2D eigenvalue weighted by atomic mass is 35.5. The second kappa shape index (κ2) is 6.59. The van der Waals surface area contributed by atoms with Crippen molar-refractivity contribution in [1.29, 1.82) is 0 Å². The van der Waals surface area contributed by atoms with Gasteiger partial charge in [-0.25, -0.2) is 4.39 Å². The van der Waals surface area contributed by atoms with E-state index >= 15 is 0 Å². The maximum absolute atomic E-state index is 13.7. The van der Waals surface area contributed by atoms with Crippen LogP contribution in [0.4, 0.5) is 10.1 Å². The van der Waals surface area contributed by atoms with Crippen LogP contribution in [0.1, 0.15) is 31.9 Å². The van der Waals surface area contributed by atoms with E-state index in [2.05, 4.69) is 5.32 Å². The van der Waals surface area contributed by atoms with E-state index < -0.39 is 11.7 Å². The Balaban J connectivity index is 2.21. The van der Waals surface area contributed by atoms with Gasteiger partial charge in [0.25, 0.3) is 0 Å². The molecule has 122 valence electrons. The highest BCUT2D eigenvalue weighted by Gasteiger charge is 2.17. The number of carbonyl (C=O) groups excluding carboxylic acids is 1. The van der Waals surface area contributed by atoms with Crippen molar-refractivity contribution in [3.05, 3.63) is 58.4 Å². The summed E-state index contributed by atoms with van der Waals surface area (Å²) >= 11 is 5.92. The number of phenolic OH excluding ortho intramolecular Hbond substituents is 1. The first kappa shape index (κ1) is 17.3. The maximum Gasteiger partial charge on any atom is 0.229 e. The second-order valence-electron chi connectivity index (χ2n) is 6.41. The molecule has 2 aromatic rings. The van der Waals surface area contributed by atoms with Gasteiger partial charge in [-0.05, 0) is 35.2 Å². The molecule has 0 radical (unpaired) electrons. The smallest absolute Gasteiger partial charge is 0.229 e. The lowest BCUT2D eigenvalue weighted by molar-refractivity contribution is -0.115. The summed E-state index contributed by atoms with van der Waals surface area (Å²) in [6.07, 6.45) is -0.204. The molecule has 0 spiro atoms. The number of halogens is 2. The molecule has 0 aliphatic rings. The van der Waals surface area contributed by atoms with E-state index in [0.717, 1.165) is 5.56 Å². The van der Waals surface area contributed by atoms with Gasteiger partial charge in [0.2, 0.25) is 5.91 Å². The molecule has 2 N–H and O–H groups in total. The first-order valence-corrected chi connectivity index (χ1v) is 7.62. The Labute approximate surface area is 140 Å². The summed E-state index contributed by atoms with van der Waals surface area (Å²) in [7, 11) is 0. The van der Waals surface area contributed by atoms with E-state index in [-0.39, 0.29) is 28.2 Å². The van der Waals surface area contributed by atoms with Gasteiger partial charge in [0, 0.05) is 10.6 Å². The molecule has 0 fully saturated rings. The molecular formula is C18H19ClFNO2.